The number of rotatable bonds is 3. The Kier molecular flexibility index (Phi) is 3.52. The lowest BCUT2D eigenvalue weighted by atomic mass is 9.90. The zero-order chi connectivity index (χ0) is 7.23. The van der Waals surface area contributed by atoms with Crippen LogP contribution in [0.15, 0.2) is 12.2 Å². The Morgan fingerprint density at radius 3 is 2.90 bits per heavy atom. The van der Waals surface area contributed by atoms with E-state index in [0.29, 0.717) is 6.61 Å². The molecule has 0 radical (unpaired) electrons. The second kappa shape index (κ2) is 4.51. The molecule has 0 heterocycles. The molecule has 1 heteroatoms. The molecule has 10 heavy (non-hydrogen) atoms. The number of aliphatic hydroxyl groups is 1. The highest BCUT2D eigenvalue weighted by atomic mass is 16.2. The van der Waals surface area contributed by atoms with Crippen LogP contribution in [0.5, 0.6) is 0 Å². The molecular formula is C9H16O. The van der Waals surface area contributed by atoms with Crippen LogP contribution >= 0.6 is 0 Å². The summed E-state index contributed by atoms with van der Waals surface area (Å²) in [5.74, 6) is 0.858. The first-order valence-corrected chi connectivity index (χ1v) is 4.19. The van der Waals surface area contributed by atoms with Gasteiger partial charge in [-0.05, 0) is 38.0 Å². The van der Waals surface area contributed by atoms with Crippen LogP contribution in [0.4, 0.5) is 0 Å². The monoisotopic (exact) mass is 140 g/mol. The van der Waals surface area contributed by atoms with Crippen molar-refractivity contribution in [3.63, 3.8) is 0 Å². The highest BCUT2D eigenvalue weighted by molar-refractivity contribution is 4.89. The SMILES string of the molecule is OCCC[C@H]1CC=CCC1. The Hall–Kier alpha value is -0.300. The molecule has 58 valence electrons. The van der Waals surface area contributed by atoms with Crippen LogP contribution in [0.2, 0.25) is 0 Å². The predicted molar refractivity (Wildman–Crippen MR) is 42.8 cm³/mol. The number of allylic oxidation sites excluding steroid dienone is 2. The summed E-state index contributed by atoms with van der Waals surface area (Å²) in [6.07, 6.45) is 10.5. The Bertz CT molecular complexity index is 107. The molecule has 0 aromatic carbocycles. The molecule has 1 aliphatic rings. The molecule has 0 saturated carbocycles. The van der Waals surface area contributed by atoms with E-state index >= 15 is 0 Å². The van der Waals surface area contributed by atoms with Gasteiger partial charge in [-0.2, -0.15) is 0 Å². The van der Waals surface area contributed by atoms with E-state index in [1.165, 1.54) is 25.7 Å². The van der Waals surface area contributed by atoms with Crippen LogP contribution in [0.1, 0.15) is 32.1 Å². The smallest absolute Gasteiger partial charge is 0.0431 e. The van der Waals surface area contributed by atoms with Crippen molar-refractivity contribution in [1.29, 1.82) is 0 Å². The molecular weight excluding hydrogens is 124 g/mol. The molecule has 0 spiro atoms. The maximum Gasteiger partial charge on any atom is 0.0431 e. The Balaban J connectivity index is 2.10. The van der Waals surface area contributed by atoms with E-state index in [2.05, 4.69) is 12.2 Å². The lowest BCUT2D eigenvalue weighted by molar-refractivity contribution is 0.267. The summed E-state index contributed by atoms with van der Waals surface area (Å²) in [6.45, 7) is 0.361. The fourth-order valence-corrected chi connectivity index (χ4v) is 1.50. The first-order valence-electron chi connectivity index (χ1n) is 4.19. The van der Waals surface area contributed by atoms with Crippen LogP contribution in [-0.2, 0) is 0 Å². The fourth-order valence-electron chi connectivity index (χ4n) is 1.50. The maximum absolute atomic E-state index is 8.58. The summed E-state index contributed by atoms with van der Waals surface area (Å²) >= 11 is 0. The molecule has 0 amide bonds. The van der Waals surface area contributed by atoms with Gasteiger partial charge in [0.2, 0.25) is 0 Å². The van der Waals surface area contributed by atoms with E-state index in [0.717, 1.165) is 12.3 Å². The van der Waals surface area contributed by atoms with Crippen LogP contribution in [0.3, 0.4) is 0 Å². The topological polar surface area (TPSA) is 20.2 Å². The van der Waals surface area contributed by atoms with Gasteiger partial charge in [0.05, 0.1) is 0 Å². The third kappa shape index (κ3) is 2.53. The second-order valence-corrected chi connectivity index (χ2v) is 3.02. The van der Waals surface area contributed by atoms with Crippen molar-refractivity contribution < 1.29 is 5.11 Å². The van der Waals surface area contributed by atoms with E-state index in [4.69, 9.17) is 5.11 Å². The van der Waals surface area contributed by atoms with Gasteiger partial charge >= 0.3 is 0 Å². The summed E-state index contributed by atoms with van der Waals surface area (Å²) in [6, 6.07) is 0. The molecule has 0 bridgehead atoms. The van der Waals surface area contributed by atoms with E-state index in [-0.39, 0.29) is 0 Å². The highest BCUT2D eigenvalue weighted by Gasteiger charge is 2.07. The van der Waals surface area contributed by atoms with Crippen LogP contribution < -0.4 is 0 Å². The van der Waals surface area contributed by atoms with E-state index in [9.17, 15) is 0 Å². The van der Waals surface area contributed by atoms with Crippen molar-refractivity contribution in [2.75, 3.05) is 6.61 Å². The summed E-state index contributed by atoms with van der Waals surface area (Å²) in [7, 11) is 0. The van der Waals surface area contributed by atoms with Crippen molar-refractivity contribution >= 4 is 0 Å². The minimum atomic E-state index is 0.361. The number of aliphatic hydroxyl groups excluding tert-OH is 1. The molecule has 0 saturated heterocycles. The molecule has 1 rings (SSSR count). The summed E-state index contributed by atoms with van der Waals surface area (Å²) in [4.78, 5) is 0. The molecule has 0 aromatic heterocycles. The quantitative estimate of drug-likeness (QED) is 0.595. The molecule has 1 atom stereocenters. The normalized spacial score (nSPS) is 25.1. The minimum absolute atomic E-state index is 0.361. The zero-order valence-electron chi connectivity index (χ0n) is 6.42. The zero-order valence-corrected chi connectivity index (χ0v) is 6.42. The van der Waals surface area contributed by atoms with Crippen molar-refractivity contribution in [3.8, 4) is 0 Å². The summed E-state index contributed by atoms with van der Waals surface area (Å²) < 4.78 is 0. The van der Waals surface area contributed by atoms with Gasteiger partial charge in [-0.25, -0.2) is 0 Å². The van der Waals surface area contributed by atoms with Crippen LogP contribution in [0, 0.1) is 5.92 Å². The Morgan fingerprint density at radius 2 is 2.30 bits per heavy atom. The van der Waals surface area contributed by atoms with Crippen molar-refractivity contribution in [2.24, 2.45) is 5.92 Å². The highest BCUT2D eigenvalue weighted by Crippen LogP contribution is 2.22. The Morgan fingerprint density at radius 1 is 1.40 bits per heavy atom. The number of hydrogen-bond donors (Lipinski definition) is 1. The molecule has 1 nitrogen and oxygen atoms in total. The fraction of sp³-hybridized carbons (Fsp3) is 0.778. The predicted octanol–water partition coefficient (Wildman–Crippen LogP) is 2.12. The van der Waals surface area contributed by atoms with Crippen LogP contribution in [-0.4, -0.2) is 11.7 Å². The van der Waals surface area contributed by atoms with Crippen molar-refractivity contribution in [2.45, 2.75) is 32.1 Å². The van der Waals surface area contributed by atoms with E-state index in [1.54, 1.807) is 0 Å². The lowest BCUT2D eigenvalue weighted by Crippen LogP contribution is -2.02. The van der Waals surface area contributed by atoms with Crippen LogP contribution in [0.25, 0.3) is 0 Å². The average molecular weight is 140 g/mol. The lowest BCUT2D eigenvalue weighted by Gasteiger charge is -2.16. The molecule has 1 aliphatic carbocycles. The third-order valence-corrected chi connectivity index (χ3v) is 2.15. The first kappa shape index (κ1) is 7.80. The van der Waals surface area contributed by atoms with Gasteiger partial charge in [0, 0.05) is 6.61 Å². The second-order valence-electron chi connectivity index (χ2n) is 3.02. The van der Waals surface area contributed by atoms with Gasteiger partial charge in [-0.3, -0.25) is 0 Å². The van der Waals surface area contributed by atoms with E-state index in [1.807, 2.05) is 0 Å². The maximum atomic E-state index is 8.58. The summed E-state index contributed by atoms with van der Waals surface area (Å²) in [5.41, 5.74) is 0. The van der Waals surface area contributed by atoms with Gasteiger partial charge in [0.25, 0.3) is 0 Å². The van der Waals surface area contributed by atoms with Gasteiger partial charge in [0.15, 0.2) is 0 Å². The van der Waals surface area contributed by atoms with Crippen molar-refractivity contribution in [3.05, 3.63) is 12.2 Å². The average Bonchev–Trinajstić information content (AvgIpc) is 2.03. The van der Waals surface area contributed by atoms with Crippen molar-refractivity contribution in [1.82, 2.24) is 0 Å². The third-order valence-electron chi connectivity index (χ3n) is 2.15. The first-order chi connectivity index (χ1) is 4.93. The van der Waals surface area contributed by atoms with Gasteiger partial charge in [0.1, 0.15) is 0 Å². The van der Waals surface area contributed by atoms with Gasteiger partial charge < -0.3 is 5.11 Å². The summed E-state index contributed by atoms with van der Waals surface area (Å²) in [5, 5.41) is 8.58. The molecule has 1 N–H and O–H groups in total. The molecule has 0 aliphatic heterocycles. The minimum Gasteiger partial charge on any atom is -0.396 e. The standard InChI is InChI=1S/C9H16O/c10-8-4-7-9-5-2-1-3-6-9/h1-2,9-10H,3-8H2/t9-/m0/s1. The molecule has 0 aromatic rings. The number of hydrogen-bond acceptors (Lipinski definition) is 1. The van der Waals surface area contributed by atoms with E-state index < -0.39 is 0 Å². The largest absolute Gasteiger partial charge is 0.396 e. The molecule has 0 unspecified atom stereocenters. The Labute approximate surface area is 62.8 Å². The van der Waals surface area contributed by atoms with Gasteiger partial charge in [-0.15, -0.1) is 0 Å². The van der Waals surface area contributed by atoms with Gasteiger partial charge in [-0.1, -0.05) is 12.2 Å². The molecule has 0 fully saturated rings.